The molecule has 0 bridgehead atoms. The predicted molar refractivity (Wildman–Crippen MR) is 95.6 cm³/mol. The summed E-state index contributed by atoms with van der Waals surface area (Å²) in [6, 6.07) is 10.3. The highest BCUT2D eigenvalue weighted by molar-refractivity contribution is 7.89. The van der Waals surface area contributed by atoms with E-state index in [2.05, 4.69) is 4.72 Å². The van der Waals surface area contributed by atoms with Gasteiger partial charge in [0, 0.05) is 12.6 Å². The minimum Gasteiger partial charge on any atom is -0.497 e. The SMILES string of the molecule is COc1ccc(S(=O)(=O)NCCCc2ccc3c(c2)OCO3)c(OC)c1. The number of hydrogen-bond acceptors (Lipinski definition) is 6. The summed E-state index contributed by atoms with van der Waals surface area (Å²) < 4.78 is 48.5. The first-order valence-corrected chi connectivity index (χ1v) is 9.62. The van der Waals surface area contributed by atoms with Crippen molar-refractivity contribution in [3.8, 4) is 23.0 Å². The summed E-state index contributed by atoms with van der Waals surface area (Å²) in [5.41, 5.74) is 1.07. The number of benzene rings is 2. The van der Waals surface area contributed by atoms with Crippen LogP contribution in [0.25, 0.3) is 0 Å². The maximum absolute atomic E-state index is 12.5. The second-order valence-electron chi connectivity index (χ2n) is 5.71. The third-order valence-electron chi connectivity index (χ3n) is 4.03. The highest BCUT2D eigenvalue weighted by Gasteiger charge is 2.19. The Morgan fingerprint density at radius 1 is 1.04 bits per heavy atom. The number of hydrogen-bond donors (Lipinski definition) is 1. The Hall–Kier alpha value is -2.45. The molecule has 0 atom stereocenters. The van der Waals surface area contributed by atoms with E-state index in [-0.39, 0.29) is 17.4 Å². The fraction of sp³-hybridized carbons (Fsp3) is 0.333. The van der Waals surface area contributed by atoms with E-state index in [1.807, 2.05) is 18.2 Å². The monoisotopic (exact) mass is 379 g/mol. The molecular formula is C18H21NO6S. The van der Waals surface area contributed by atoms with Crippen molar-refractivity contribution in [3.63, 3.8) is 0 Å². The first kappa shape index (κ1) is 18.3. The lowest BCUT2D eigenvalue weighted by Gasteiger charge is -2.12. The van der Waals surface area contributed by atoms with Crippen LogP contribution in [-0.4, -0.2) is 36.0 Å². The molecule has 0 spiro atoms. The van der Waals surface area contributed by atoms with Crippen LogP contribution < -0.4 is 23.7 Å². The molecule has 0 saturated heterocycles. The topological polar surface area (TPSA) is 83.1 Å². The van der Waals surface area contributed by atoms with E-state index in [1.165, 1.54) is 20.3 Å². The quantitative estimate of drug-likeness (QED) is 0.709. The lowest BCUT2D eigenvalue weighted by atomic mass is 10.1. The van der Waals surface area contributed by atoms with Gasteiger partial charge in [-0.1, -0.05) is 6.07 Å². The molecule has 1 heterocycles. The molecule has 26 heavy (non-hydrogen) atoms. The van der Waals surface area contributed by atoms with Crippen LogP contribution >= 0.6 is 0 Å². The van der Waals surface area contributed by atoms with Crippen LogP contribution in [0.1, 0.15) is 12.0 Å². The largest absolute Gasteiger partial charge is 0.497 e. The van der Waals surface area contributed by atoms with Gasteiger partial charge < -0.3 is 18.9 Å². The van der Waals surface area contributed by atoms with Crippen LogP contribution in [0.3, 0.4) is 0 Å². The molecule has 0 amide bonds. The lowest BCUT2D eigenvalue weighted by Crippen LogP contribution is -2.25. The first-order chi connectivity index (χ1) is 12.5. The van der Waals surface area contributed by atoms with E-state index in [0.29, 0.717) is 18.7 Å². The fourth-order valence-corrected chi connectivity index (χ4v) is 3.89. The van der Waals surface area contributed by atoms with Gasteiger partial charge >= 0.3 is 0 Å². The van der Waals surface area contributed by atoms with Crippen LogP contribution in [0.15, 0.2) is 41.3 Å². The van der Waals surface area contributed by atoms with Crippen molar-refractivity contribution in [3.05, 3.63) is 42.0 Å². The summed E-state index contributed by atoms with van der Waals surface area (Å²) in [5, 5.41) is 0. The Morgan fingerprint density at radius 3 is 2.62 bits per heavy atom. The van der Waals surface area contributed by atoms with Gasteiger partial charge in [0.2, 0.25) is 16.8 Å². The number of aryl methyl sites for hydroxylation is 1. The molecule has 1 N–H and O–H groups in total. The molecule has 0 aliphatic carbocycles. The van der Waals surface area contributed by atoms with E-state index in [0.717, 1.165) is 23.5 Å². The standard InChI is InChI=1S/C18H21NO6S/c1-22-14-6-8-18(17(11-14)23-2)26(20,21)19-9-3-4-13-5-7-15-16(10-13)25-12-24-15/h5-8,10-11,19H,3-4,9,12H2,1-2H3. The van der Waals surface area contributed by atoms with Crippen molar-refractivity contribution in [2.45, 2.75) is 17.7 Å². The van der Waals surface area contributed by atoms with Crippen molar-refractivity contribution in [1.29, 1.82) is 0 Å². The number of sulfonamides is 1. The van der Waals surface area contributed by atoms with Gasteiger partial charge in [-0.05, 0) is 42.7 Å². The normalized spacial score (nSPS) is 12.8. The summed E-state index contributed by atoms with van der Waals surface area (Å²) in [5.74, 6) is 2.24. The summed E-state index contributed by atoms with van der Waals surface area (Å²) in [4.78, 5) is 0.0869. The van der Waals surface area contributed by atoms with Gasteiger partial charge in [0.05, 0.1) is 14.2 Å². The van der Waals surface area contributed by atoms with Crippen LogP contribution in [0.5, 0.6) is 23.0 Å². The van der Waals surface area contributed by atoms with Crippen LogP contribution in [0.4, 0.5) is 0 Å². The summed E-state index contributed by atoms with van der Waals surface area (Å²) >= 11 is 0. The second kappa shape index (κ2) is 7.84. The molecule has 0 fully saturated rings. The van der Waals surface area contributed by atoms with Gasteiger partial charge in [-0.15, -0.1) is 0 Å². The average Bonchev–Trinajstić information content (AvgIpc) is 3.12. The summed E-state index contributed by atoms with van der Waals surface area (Å²) in [6.45, 7) is 0.550. The minimum absolute atomic E-state index is 0.0869. The highest BCUT2D eigenvalue weighted by atomic mass is 32.2. The first-order valence-electron chi connectivity index (χ1n) is 8.14. The molecule has 0 unspecified atom stereocenters. The molecule has 1 aliphatic heterocycles. The van der Waals surface area contributed by atoms with E-state index in [1.54, 1.807) is 12.1 Å². The van der Waals surface area contributed by atoms with Gasteiger partial charge in [-0.2, -0.15) is 0 Å². The van der Waals surface area contributed by atoms with E-state index < -0.39 is 10.0 Å². The molecule has 3 rings (SSSR count). The average molecular weight is 379 g/mol. The van der Waals surface area contributed by atoms with Crippen molar-refractivity contribution in [1.82, 2.24) is 4.72 Å². The number of rotatable bonds is 8. The Bertz CT molecular complexity index is 881. The zero-order valence-corrected chi connectivity index (χ0v) is 15.5. The molecule has 8 heteroatoms. The molecule has 7 nitrogen and oxygen atoms in total. The molecule has 0 radical (unpaired) electrons. The van der Waals surface area contributed by atoms with Crippen molar-refractivity contribution < 1.29 is 27.4 Å². The zero-order chi connectivity index (χ0) is 18.6. The molecule has 0 aromatic heterocycles. The van der Waals surface area contributed by atoms with Gasteiger partial charge in [-0.25, -0.2) is 13.1 Å². The zero-order valence-electron chi connectivity index (χ0n) is 14.7. The molecule has 1 aliphatic rings. The molecule has 0 saturated carbocycles. The van der Waals surface area contributed by atoms with E-state index in [4.69, 9.17) is 18.9 Å². The summed E-state index contributed by atoms with van der Waals surface area (Å²) in [7, 11) is -0.732. The molecular weight excluding hydrogens is 358 g/mol. The number of nitrogens with one attached hydrogen (secondary N) is 1. The highest BCUT2D eigenvalue weighted by Crippen LogP contribution is 2.33. The van der Waals surface area contributed by atoms with Crippen LogP contribution in [0, 0.1) is 0 Å². The predicted octanol–water partition coefficient (Wildman–Crippen LogP) is 2.34. The van der Waals surface area contributed by atoms with Crippen LogP contribution in [0.2, 0.25) is 0 Å². The van der Waals surface area contributed by atoms with Gasteiger partial charge in [0.25, 0.3) is 0 Å². The third-order valence-corrected chi connectivity index (χ3v) is 5.53. The van der Waals surface area contributed by atoms with Crippen LogP contribution in [-0.2, 0) is 16.4 Å². The van der Waals surface area contributed by atoms with E-state index in [9.17, 15) is 8.42 Å². The number of fused-ring (bicyclic) bond motifs is 1. The number of methoxy groups -OCH3 is 2. The van der Waals surface area contributed by atoms with Crippen molar-refractivity contribution >= 4 is 10.0 Å². The third kappa shape index (κ3) is 4.03. The maximum Gasteiger partial charge on any atom is 0.244 e. The Labute approximate surface area is 152 Å². The van der Waals surface area contributed by atoms with Gasteiger partial charge in [-0.3, -0.25) is 0 Å². The molecule has 140 valence electrons. The minimum atomic E-state index is -3.67. The smallest absolute Gasteiger partial charge is 0.244 e. The number of ether oxygens (including phenoxy) is 4. The van der Waals surface area contributed by atoms with Crippen molar-refractivity contribution in [2.24, 2.45) is 0 Å². The maximum atomic E-state index is 12.5. The Balaban J connectivity index is 1.58. The molecule has 2 aromatic carbocycles. The molecule has 2 aromatic rings. The second-order valence-corrected chi connectivity index (χ2v) is 7.44. The Kier molecular flexibility index (Phi) is 5.53. The fourth-order valence-electron chi connectivity index (χ4n) is 2.67. The van der Waals surface area contributed by atoms with Gasteiger partial charge in [0.1, 0.15) is 16.4 Å². The Morgan fingerprint density at radius 2 is 1.85 bits per heavy atom. The summed E-state index contributed by atoms with van der Waals surface area (Å²) in [6.07, 6.45) is 1.37. The van der Waals surface area contributed by atoms with E-state index >= 15 is 0 Å². The van der Waals surface area contributed by atoms with Gasteiger partial charge in [0.15, 0.2) is 11.5 Å². The van der Waals surface area contributed by atoms with Crippen molar-refractivity contribution in [2.75, 3.05) is 27.6 Å². The lowest BCUT2D eigenvalue weighted by molar-refractivity contribution is 0.174.